The van der Waals surface area contributed by atoms with E-state index in [1.54, 1.807) is 12.1 Å². The third-order valence-corrected chi connectivity index (χ3v) is 3.62. The zero-order valence-electron chi connectivity index (χ0n) is 12.4. The highest BCUT2D eigenvalue weighted by atomic mass is 16.4. The number of carbonyl (C=O) groups is 2. The van der Waals surface area contributed by atoms with Crippen molar-refractivity contribution in [1.82, 2.24) is 0 Å². The number of aromatic carboxylic acids is 2. The molecule has 0 aromatic heterocycles. The Bertz CT molecular complexity index is 704. The summed E-state index contributed by atoms with van der Waals surface area (Å²) < 4.78 is 0. The predicted molar refractivity (Wildman–Crippen MR) is 84.4 cm³/mol. The summed E-state index contributed by atoms with van der Waals surface area (Å²) in [7, 11) is 0. The van der Waals surface area contributed by atoms with E-state index in [0.29, 0.717) is 5.56 Å². The van der Waals surface area contributed by atoms with Gasteiger partial charge in [0.1, 0.15) is 0 Å². The quantitative estimate of drug-likeness (QED) is 0.842. The van der Waals surface area contributed by atoms with Gasteiger partial charge in [0.15, 0.2) is 0 Å². The average molecular weight is 298 g/mol. The molecule has 0 spiro atoms. The third-order valence-electron chi connectivity index (χ3n) is 3.62. The molecule has 0 radical (unpaired) electrons. The zero-order chi connectivity index (χ0) is 16.1. The number of carboxylic acid groups (broad SMARTS) is 2. The van der Waals surface area contributed by atoms with E-state index in [-0.39, 0.29) is 11.1 Å². The predicted octanol–water partition coefficient (Wildman–Crippen LogP) is 4.09. The van der Waals surface area contributed by atoms with Gasteiger partial charge < -0.3 is 10.2 Å². The number of carboxylic acids is 2. The normalized spacial score (nSPS) is 10.4. The van der Waals surface area contributed by atoms with Gasteiger partial charge in [0.25, 0.3) is 0 Å². The first-order valence-corrected chi connectivity index (χ1v) is 7.24. The van der Waals surface area contributed by atoms with E-state index in [9.17, 15) is 19.8 Å². The molecule has 2 aromatic rings. The first kappa shape index (κ1) is 15.8. The van der Waals surface area contributed by atoms with Crippen LogP contribution in [0.4, 0.5) is 0 Å². The smallest absolute Gasteiger partial charge is 0.337 e. The van der Waals surface area contributed by atoms with Crippen LogP contribution in [0.2, 0.25) is 0 Å². The number of benzene rings is 2. The Balaban J connectivity index is 2.65. The summed E-state index contributed by atoms with van der Waals surface area (Å²) in [6.45, 7) is 2.09. The van der Waals surface area contributed by atoms with E-state index < -0.39 is 11.9 Å². The average Bonchev–Trinajstić information content (AvgIpc) is 2.52. The maximum atomic E-state index is 11.6. The maximum Gasteiger partial charge on any atom is 0.337 e. The first-order chi connectivity index (χ1) is 10.6. The molecule has 2 N–H and O–H groups in total. The van der Waals surface area contributed by atoms with Crippen LogP contribution >= 0.6 is 0 Å². The van der Waals surface area contributed by atoms with Gasteiger partial charge in [-0.3, -0.25) is 0 Å². The lowest BCUT2D eigenvalue weighted by molar-refractivity contribution is 0.0652. The lowest BCUT2D eigenvalue weighted by atomic mass is 9.90. The second kappa shape index (κ2) is 6.89. The van der Waals surface area contributed by atoms with Crippen molar-refractivity contribution in [1.29, 1.82) is 0 Å². The fourth-order valence-corrected chi connectivity index (χ4v) is 2.55. The van der Waals surface area contributed by atoms with Crippen molar-refractivity contribution in [2.45, 2.75) is 26.2 Å². The molecule has 0 aliphatic carbocycles. The van der Waals surface area contributed by atoms with Gasteiger partial charge in [-0.2, -0.15) is 0 Å². The Hall–Kier alpha value is -2.62. The van der Waals surface area contributed by atoms with E-state index in [0.717, 1.165) is 30.4 Å². The van der Waals surface area contributed by atoms with Crippen LogP contribution in [0.3, 0.4) is 0 Å². The van der Waals surface area contributed by atoms with Crippen LogP contribution in [0.1, 0.15) is 46.0 Å². The second-order valence-electron chi connectivity index (χ2n) is 5.10. The summed E-state index contributed by atoms with van der Waals surface area (Å²) in [6.07, 6.45) is 2.87. The maximum absolute atomic E-state index is 11.6. The molecular formula is C18H18O4. The van der Waals surface area contributed by atoms with Crippen molar-refractivity contribution in [3.05, 3.63) is 59.2 Å². The van der Waals surface area contributed by atoms with Gasteiger partial charge in [-0.25, -0.2) is 9.59 Å². The number of rotatable bonds is 6. The molecule has 4 heteroatoms. The van der Waals surface area contributed by atoms with Crippen LogP contribution < -0.4 is 0 Å². The summed E-state index contributed by atoms with van der Waals surface area (Å²) in [5, 5.41) is 18.7. The molecule has 114 valence electrons. The Morgan fingerprint density at radius 3 is 2.23 bits per heavy atom. The topological polar surface area (TPSA) is 74.6 Å². The standard InChI is InChI=1S/C18H18O4/c1-2-3-7-12-8-4-5-9-13(12)14-10-6-11-15(17(19)20)16(14)18(21)22/h4-6,8-11H,2-3,7H2,1H3,(H,19,20)(H,21,22). The third kappa shape index (κ3) is 3.17. The van der Waals surface area contributed by atoms with Crippen molar-refractivity contribution in [3.63, 3.8) is 0 Å². The van der Waals surface area contributed by atoms with Crippen molar-refractivity contribution in [3.8, 4) is 11.1 Å². The molecule has 0 aliphatic rings. The molecule has 0 unspecified atom stereocenters. The van der Waals surface area contributed by atoms with E-state index in [4.69, 9.17) is 0 Å². The highest BCUT2D eigenvalue weighted by Crippen LogP contribution is 2.30. The van der Waals surface area contributed by atoms with Crippen LogP contribution in [-0.4, -0.2) is 22.2 Å². The molecular weight excluding hydrogens is 280 g/mol. The van der Waals surface area contributed by atoms with Crippen LogP contribution in [0.5, 0.6) is 0 Å². The van der Waals surface area contributed by atoms with Crippen LogP contribution in [-0.2, 0) is 6.42 Å². The molecule has 2 aromatic carbocycles. The van der Waals surface area contributed by atoms with Crippen LogP contribution in [0.25, 0.3) is 11.1 Å². The summed E-state index contributed by atoms with van der Waals surface area (Å²) in [5.74, 6) is -2.46. The fourth-order valence-electron chi connectivity index (χ4n) is 2.55. The summed E-state index contributed by atoms with van der Waals surface area (Å²) in [5.41, 5.74) is 1.94. The van der Waals surface area contributed by atoms with Gasteiger partial charge in [0, 0.05) is 0 Å². The number of unbranched alkanes of at least 4 members (excludes halogenated alkanes) is 1. The molecule has 4 nitrogen and oxygen atoms in total. The molecule has 2 rings (SSSR count). The van der Waals surface area contributed by atoms with Crippen molar-refractivity contribution in [2.24, 2.45) is 0 Å². The molecule has 0 saturated carbocycles. The van der Waals surface area contributed by atoms with E-state index >= 15 is 0 Å². The van der Waals surface area contributed by atoms with Gasteiger partial charge in [0.2, 0.25) is 0 Å². The summed E-state index contributed by atoms with van der Waals surface area (Å²) >= 11 is 0. The minimum absolute atomic E-state index is 0.154. The molecule has 0 aliphatic heterocycles. The Labute approximate surface area is 129 Å². The largest absolute Gasteiger partial charge is 0.478 e. The van der Waals surface area contributed by atoms with E-state index in [1.165, 1.54) is 6.07 Å². The van der Waals surface area contributed by atoms with Crippen molar-refractivity contribution >= 4 is 11.9 Å². The van der Waals surface area contributed by atoms with Crippen LogP contribution in [0.15, 0.2) is 42.5 Å². The minimum atomic E-state index is -1.23. The number of hydrogen-bond acceptors (Lipinski definition) is 2. The summed E-state index contributed by atoms with van der Waals surface area (Å²) in [6, 6.07) is 12.1. The monoisotopic (exact) mass is 298 g/mol. The minimum Gasteiger partial charge on any atom is -0.478 e. The van der Waals surface area contributed by atoms with Gasteiger partial charge in [-0.1, -0.05) is 49.7 Å². The van der Waals surface area contributed by atoms with Gasteiger partial charge in [-0.05, 0) is 35.6 Å². The lowest BCUT2D eigenvalue weighted by Crippen LogP contribution is -2.10. The Morgan fingerprint density at radius 2 is 1.59 bits per heavy atom. The second-order valence-corrected chi connectivity index (χ2v) is 5.10. The highest BCUT2D eigenvalue weighted by molar-refractivity contribution is 6.06. The lowest BCUT2D eigenvalue weighted by Gasteiger charge is -2.13. The van der Waals surface area contributed by atoms with Crippen molar-refractivity contribution in [2.75, 3.05) is 0 Å². The van der Waals surface area contributed by atoms with E-state index in [1.807, 2.05) is 24.3 Å². The fraction of sp³-hybridized carbons (Fsp3) is 0.222. The molecule has 0 bridgehead atoms. The molecule has 0 fully saturated rings. The zero-order valence-corrected chi connectivity index (χ0v) is 12.4. The van der Waals surface area contributed by atoms with Crippen LogP contribution in [0, 0.1) is 0 Å². The summed E-state index contributed by atoms with van der Waals surface area (Å²) in [4.78, 5) is 22.9. The number of hydrogen-bond donors (Lipinski definition) is 2. The molecule has 0 heterocycles. The van der Waals surface area contributed by atoms with Gasteiger partial charge in [0.05, 0.1) is 11.1 Å². The molecule has 0 amide bonds. The molecule has 22 heavy (non-hydrogen) atoms. The molecule has 0 atom stereocenters. The molecule has 0 saturated heterocycles. The van der Waals surface area contributed by atoms with E-state index in [2.05, 4.69) is 6.92 Å². The van der Waals surface area contributed by atoms with Gasteiger partial charge in [-0.15, -0.1) is 0 Å². The highest BCUT2D eigenvalue weighted by Gasteiger charge is 2.21. The Kier molecular flexibility index (Phi) is 4.94. The van der Waals surface area contributed by atoms with Crippen molar-refractivity contribution < 1.29 is 19.8 Å². The first-order valence-electron chi connectivity index (χ1n) is 7.24. The van der Waals surface area contributed by atoms with Gasteiger partial charge >= 0.3 is 11.9 Å². The number of aryl methyl sites for hydroxylation is 1. The Morgan fingerprint density at radius 1 is 0.909 bits per heavy atom. The SMILES string of the molecule is CCCCc1ccccc1-c1cccc(C(=O)O)c1C(=O)O.